The average molecular weight is 269 g/mol. The van der Waals surface area contributed by atoms with Crippen LogP contribution in [-0.4, -0.2) is 15.0 Å². The van der Waals surface area contributed by atoms with E-state index >= 15 is 0 Å². The Balaban J connectivity index is 2.25. The summed E-state index contributed by atoms with van der Waals surface area (Å²) in [7, 11) is 0. The van der Waals surface area contributed by atoms with Crippen LogP contribution in [0.3, 0.4) is 0 Å². The Morgan fingerprint density at radius 2 is 2.06 bits per heavy atom. The Labute approximate surface area is 103 Å². The molecule has 0 amide bonds. The van der Waals surface area contributed by atoms with Crippen LogP contribution in [0.25, 0.3) is 22.2 Å². The van der Waals surface area contributed by atoms with Crippen LogP contribution in [0.4, 0.5) is 13.2 Å². The number of fused-ring (bicyclic) bond motifs is 1. The molecule has 0 fully saturated rings. The Morgan fingerprint density at radius 1 is 1.22 bits per heavy atom. The molecule has 92 valence electrons. The third-order valence-corrected chi connectivity index (χ3v) is 3.51. The van der Waals surface area contributed by atoms with E-state index in [0.29, 0.717) is 27.9 Å². The largest absolute Gasteiger partial charge is 0.426 e. The molecule has 3 rings (SSSR count). The van der Waals surface area contributed by atoms with Crippen LogP contribution < -0.4 is 0 Å². The number of aromatic nitrogens is 3. The van der Waals surface area contributed by atoms with Crippen molar-refractivity contribution >= 4 is 22.4 Å². The lowest BCUT2D eigenvalue weighted by Crippen LogP contribution is -2.03. The number of nitrogens with one attached hydrogen (secondary N) is 1. The van der Waals surface area contributed by atoms with Gasteiger partial charge in [-0.15, -0.1) is 11.3 Å². The topological polar surface area (TPSA) is 41.6 Å². The molecule has 0 atom stereocenters. The summed E-state index contributed by atoms with van der Waals surface area (Å²) in [5.41, 5.74) is 1.71. The lowest BCUT2D eigenvalue weighted by Gasteiger charge is -2.06. The fraction of sp³-hybridized carbons (Fsp3) is 0.0909. The van der Waals surface area contributed by atoms with Crippen molar-refractivity contribution in [1.29, 1.82) is 0 Å². The molecule has 0 aromatic carbocycles. The Kier molecular flexibility index (Phi) is 2.37. The summed E-state index contributed by atoms with van der Waals surface area (Å²) in [5.74, 6) is 0. The van der Waals surface area contributed by atoms with Gasteiger partial charge in [-0.2, -0.15) is 13.2 Å². The number of alkyl halides is 3. The van der Waals surface area contributed by atoms with E-state index in [1.54, 1.807) is 0 Å². The number of hydrogen-bond donors (Lipinski definition) is 1. The zero-order chi connectivity index (χ0) is 12.8. The van der Waals surface area contributed by atoms with Crippen LogP contribution in [0.15, 0.2) is 30.2 Å². The van der Waals surface area contributed by atoms with E-state index in [9.17, 15) is 13.2 Å². The first-order valence-electron chi connectivity index (χ1n) is 4.99. The molecular weight excluding hydrogens is 263 g/mol. The molecule has 18 heavy (non-hydrogen) atoms. The molecule has 0 radical (unpaired) electrons. The predicted molar refractivity (Wildman–Crippen MR) is 62.2 cm³/mol. The van der Waals surface area contributed by atoms with Crippen LogP contribution in [0.1, 0.15) is 4.88 Å². The molecule has 0 aliphatic rings. The minimum atomic E-state index is -4.35. The molecule has 3 aromatic rings. The Bertz CT molecular complexity index is 699. The highest BCUT2D eigenvalue weighted by atomic mass is 32.1. The minimum Gasteiger partial charge on any atom is -0.358 e. The number of thiophene rings is 1. The number of halogens is 3. The lowest BCUT2D eigenvalue weighted by atomic mass is 10.1. The van der Waals surface area contributed by atoms with Crippen molar-refractivity contribution in [2.24, 2.45) is 0 Å². The molecule has 3 heterocycles. The maximum absolute atomic E-state index is 12.8. The SMILES string of the molecule is FC(F)(F)c1sccc1-c1c[nH]c2cncnc12. The van der Waals surface area contributed by atoms with Gasteiger partial charge in [-0.1, -0.05) is 0 Å². The molecular formula is C11H6F3N3S. The summed E-state index contributed by atoms with van der Waals surface area (Å²) >= 11 is 0.681. The van der Waals surface area contributed by atoms with Crippen molar-refractivity contribution < 1.29 is 13.2 Å². The van der Waals surface area contributed by atoms with Gasteiger partial charge in [-0.25, -0.2) is 9.97 Å². The molecule has 0 aliphatic heterocycles. The van der Waals surface area contributed by atoms with Gasteiger partial charge in [0.25, 0.3) is 0 Å². The summed E-state index contributed by atoms with van der Waals surface area (Å²) in [5, 5.41) is 1.43. The fourth-order valence-electron chi connectivity index (χ4n) is 1.81. The highest BCUT2D eigenvalue weighted by Crippen LogP contribution is 2.42. The normalized spacial score (nSPS) is 12.2. The molecule has 7 heteroatoms. The highest BCUT2D eigenvalue weighted by molar-refractivity contribution is 7.10. The average Bonchev–Trinajstić information content (AvgIpc) is 2.93. The maximum atomic E-state index is 12.8. The van der Waals surface area contributed by atoms with E-state index in [-0.39, 0.29) is 5.56 Å². The van der Waals surface area contributed by atoms with Crippen molar-refractivity contribution in [1.82, 2.24) is 15.0 Å². The summed E-state index contributed by atoms with van der Waals surface area (Å²) < 4.78 is 38.5. The summed E-state index contributed by atoms with van der Waals surface area (Å²) in [6, 6.07) is 1.46. The van der Waals surface area contributed by atoms with Gasteiger partial charge in [-0.3, -0.25) is 0 Å². The van der Waals surface area contributed by atoms with Gasteiger partial charge in [0.2, 0.25) is 0 Å². The minimum absolute atomic E-state index is 0.150. The van der Waals surface area contributed by atoms with Gasteiger partial charge in [0.1, 0.15) is 11.2 Å². The van der Waals surface area contributed by atoms with E-state index in [1.165, 1.54) is 30.2 Å². The monoisotopic (exact) mass is 269 g/mol. The van der Waals surface area contributed by atoms with Crippen molar-refractivity contribution in [2.45, 2.75) is 6.18 Å². The van der Waals surface area contributed by atoms with Gasteiger partial charge in [-0.05, 0) is 11.4 Å². The third-order valence-electron chi connectivity index (χ3n) is 2.55. The second-order valence-electron chi connectivity index (χ2n) is 3.65. The van der Waals surface area contributed by atoms with Crippen molar-refractivity contribution in [3.63, 3.8) is 0 Å². The van der Waals surface area contributed by atoms with Gasteiger partial charge in [0.05, 0.1) is 17.2 Å². The zero-order valence-electron chi connectivity index (χ0n) is 8.82. The summed E-state index contributed by atoms with van der Waals surface area (Å²) in [6.45, 7) is 0. The highest BCUT2D eigenvalue weighted by Gasteiger charge is 2.35. The van der Waals surface area contributed by atoms with E-state index < -0.39 is 11.1 Å². The van der Waals surface area contributed by atoms with E-state index in [2.05, 4.69) is 15.0 Å². The first kappa shape index (κ1) is 11.2. The van der Waals surface area contributed by atoms with Gasteiger partial charge in [0.15, 0.2) is 0 Å². The lowest BCUT2D eigenvalue weighted by molar-refractivity contribution is -0.133. The summed E-state index contributed by atoms with van der Waals surface area (Å²) in [6.07, 6.45) is 0.0293. The Hall–Kier alpha value is -1.89. The van der Waals surface area contributed by atoms with Crippen molar-refractivity contribution in [3.05, 3.63) is 35.0 Å². The van der Waals surface area contributed by atoms with Gasteiger partial charge in [0, 0.05) is 17.3 Å². The van der Waals surface area contributed by atoms with Crippen molar-refractivity contribution in [3.8, 4) is 11.1 Å². The van der Waals surface area contributed by atoms with Crippen molar-refractivity contribution in [2.75, 3.05) is 0 Å². The fourth-order valence-corrected chi connectivity index (χ4v) is 2.59. The van der Waals surface area contributed by atoms with Crippen LogP contribution in [-0.2, 0) is 6.18 Å². The second kappa shape index (κ2) is 3.81. The van der Waals surface area contributed by atoms with Gasteiger partial charge >= 0.3 is 6.18 Å². The number of aromatic amines is 1. The first-order valence-corrected chi connectivity index (χ1v) is 5.87. The number of nitrogens with zero attached hydrogens (tertiary/aromatic N) is 2. The molecule has 0 unspecified atom stereocenters. The molecule has 1 N–H and O–H groups in total. The van der Waals surface area contributed by atoms with Crippen LogP contribution in [0, 0.1) is 0 Å². The van der Waals surface area contributed by atoms with Crippen LogP contribution in [0.5, 0.6) is 0 Å². The van der Waals surface area contributed by atoms with E-state index in [0.717, 1.165) is 0 Å². The standard InChI is InChI=1S/C11H6F3N3S/c12-11(13,14)10-6(1-2-18-10)7-3-16-8-4-15-5-17-9(7)8/h1-5,16H. The molecule has 0 saturated carbocycles. The van der Waals surface area contributed by atoms with E-state index in [4.69, 9.17) is 0 Å². The second-order valence-corrected chi connectivity index (χ2v) is 4.56. The quantitative estimate of drug-likeness (QED) is 0.731. The molecule has 0 aliphatic carbocycles. The molecule has 0 saturated heterocycles. The third kappa shape index (κ3) is 1.67. The van der Waals surface area contributed by atoms with E-state index in [1.807, 2.05) is 0 Å². The molecule has 3 aromatic heterocycles. The molecule has 0 spiro atoms. The zero-order valence-corrected chi connectivity index (χ0v) is 9.64. The smallest absolute Gasteiger partial charge is 0.358 e. The number of rotatable bonds is 1. The van der Waals surface area contributed by atoms with Crippen LogP contribution >= 0.6 is 11.3 Å². The maximum Gasteiger partial charge on any atom is 0.426 e. The first-order chi connectivity index (χ1) is 8.57. The molecule has 0 bridgehead atoms. The number of hydrogen-bond acceptors (Lipinski definition) is 3. The van der Waals surface area contributed by atoms with Gasteiger partial charge < -0.3 is 4.98 Å². The Morgan fingerprint density at radius 3 is 2.83 bits per heavy atom. The summed E-state index contributed by atoms with van der Waals surface area (Å²) in [4.78, 5) is 10.1. The predicted octanol–water partition coefficient (Wildman–Crippen LogP) is 3.71. The van der Waals surface area contributed by atoms with Crippen LogP contribution in [0.2, 0.25) is 0 Å². The number of H-pyrrole nitrogens is 1. The molecule has 3 nitrogen and oxygen atoms in total.